The van der Waals surface area contributed by atoms with Crippen LogP contribution in [0.3, 0.4) is 0 Å². The normalized spacial score (nSPS) is 11.4. The van der Waals surface area contributed by atoms with Crippen LogP contribution < -0.4 is 4.43 Å². The van der Waals surface area contributed by atoms with Crippen LogP contribution in [0.1, 0.15) is 11.3 Å². The molecule has 0 saturated carbocycles. The second-order valence-electron chi connectivity index (χ2n) is 4.81. The number of aliphatic imine (C=N–C) groups is 1. The van der Waals surface area contributed by atoms with Crippen molar-refractivity contribution < 1.29 is 4.43 Å². The van der Waals surface area contributed by atoms with E-state index < -0.39 is 9.04 Å². The molecule has 0 amide bonds. The van der Waals surface area contributed by atoms with E-state index in [0.717, 1.165) is 22.7 Å². The Morgan fingerprint density at radius 3 is 2.79 bits per heavy atom. The van der Waals surface area contributed by atoms with Crippen LogP contribution in [0.15, 0.2) is 35.7 Å². The average Bonchev–Trinajstić information content (AvgIpc) is 2.73. The Morgan fingerprint density at radius 1 is 1.37 bits per heavy atom. The van der Waals surface area contributed by atoms with Gasteiger partial charge in [-0.05, 0) is 31.6 Å². The molecule has 0 bridgehead atoms. The number of rotatable bonds is 4. The summed E-state index contributed by atoms with van der Waals surface area (Å²) >= 11 is 0. The van der Waals surface area contributed by atoms with Gasteiger partial charge in [-0.2, -0.15) is 0 Å². The van der Waals surface area contributed by atoms with E-state index in [-0.39, 0.29) is 0 Å². The van der Waals surface area contributed by atoms with Crippen LogP contribution in [-0.4, -0.2) is 24.8 Å². The van der Waals surface area contributed by atoms with Gasteiger partial charge in [0.15, 0.2) is 0 Å². The Hall–Kier alpha value is -1.88. The van der Waals surface area contributed by atoms with Gasteiger partial charge in [0.1, 0.15) is 11.4 Å². The van der Waals surface area contributed by atoms with Crippen molar-refractivity contribution in [3.63, 3.8) is 0 Å². The predicted molar refractivity (Wildman–Crippen MR) is 81.1 cm³/mol. The number of benzene rings is 1. The molecule has 0 atom stereocenters. The van der Waals surface area contributed by atoms with Crippen molar-refractivity contribution in [2.24, 2.45) is 12.0 Å². The highest BCUT2D eigenvalue weighted by Crippen LogP contribution is 2.31. The number of hydrogen-bond acceptors (Lipinski definition) is 3. The molecule has 0 fully saturated rings. The van der Waals surface area contributed by atoms with Crippen molar-refractivity contribution in [1.82, 2.24) is 9.55 Å². The molecule has 1 heterocycles. The number of hydrogen-bond donors (Lipinski definition) is 0. The summed E-state index contributed by atoms with van der Waals surface area (Å²) in [6.07, 6.45) is 5.47. The highest BCUT2D eigenvalue weighted by atomic mass is 28.3. The van der Waals surface area contributed by atoms with Gasteiger partial charge in [-0.1, -0.05) is 12.1 Å². The second-order valence-corrected chi connectivity index (χ2v) is 7.14. The molecule has 0 aliphatic heterocycles. The monoisotopic (exact) mass is 273 g/mol. The van der Waals surface area contributed by atoms with E-state index in [9.17, 15) is 0 Å². The number of aromatic nitrogens is 2. The Morgan fingerprint density at radius 2 is 2.16 bits per heavy atom. The van der Waals surface area contributed by atoms with Gasteiger partial charge >= 0.3 is 0 Å². The van der Waals surface area contributed by atoms with Crippen molar-refractivity contribution in [3.05, 3.63) is 42.0 Å². The fourth-order valence-corrected chi connectivity index (χ4v) is 2.47. The lowest BCUT2D eigenvalue weighted by atomic mass is 10.2. The molecule has 2 aromatic rings. The summed E-state index contributed by atoms with van der Waals surface area (Å²) in [5.74, 6) is 0.869. The Kier molecular flexibility index (Phi) is 4.16. The van der Waals surface area contributed by atoms with E-state index in [2.05, 4.69) is 23.1 Å². The molecule has 0 aliphatic carbocycles. The van der Waals surface area contributed by atoms with Gasteiger partial charge < -0.3 is 8.99 Å². The van der Waals surface area contributed by atoms with E-state index in [1.165, 1.54) is 0 Å². The molecule has 4 nitrogen and oxygen atoms in total. The summed E-state index contributed by atoms with van der Waals surface area (Å²) in [5.41, 5.74) is 2.85. The van der Waals surface area contributed by atoms with Gasteiger partial charge in [0.2, 0.25) is 9.04 Å². The van der Waals surface area contributed by atoms with Crippen LogP contribution in [0.25, 0.3) is 0 Å². The Balaban J connectivity index is 2.30. The quantitative estimate of drug-likeness (QED) is 0.635. The number of nitrogens with zero attached hydrogens (tertiary/aromatic N) is 3. The molecular weight excluding hydrogens is 254 g/mol. The molecular formula is C14H19N3OSi. The van der Waals surface area contributed by atoms with E-state index in [0.29, 0.717) is 0 Å². The highest BCUT2D eigenvalue weighted by Gasteiger charge is 2.07. The molecule has 0 aliphatic rings. The fraction of sp³-hybridized carbons (Fsp3) is 0.286. The average molecular weight is 273 g/mol. The zero-order valence-electron chi connectivity index (χ0n) is 11.8. The van der Waals surface area contributed by atoms with Gasteiger partial charge in [-0.3, -0.25) is 4.99 Å². The SMILES string of the molecule is Cc1cccc(O[SiH](C)C)c1N=Cc1cn(C)cn1. The summed E-state index contributed by atoms with van der Waals surface area (Å²) in [7, 11) is 0.807. The van der Waals surface area contributed by atoms with Gasteiger partial charge in [0.25, 0.3) is 0 Å². The second kappa shape index (κ2) is 5.84. The van der Waals surface area contributed by atoms with Crippen molar-refractivity contribution >= 4 is 20.9 Å². The summed E-state index contributed by atoms with van der Waals surface area (Å²) in [4.78, 5) is 8.77. The fourth-order valence-electron chi connectivity index (χ4n) is 1.78. The zero-order chi connectivity index (χ0) is 13.8. The molecule has 0 saturated heterocycles. The zero-order valence-corrected chi connectivity index (χ0v) is 12.9. The smallest absolute Gasteiger partial charge is 0.229 e. The molecule has 0 unspecified atom stereocenters. The summed E-state index contributed by atoms with van der Waals surface area (Å²) in [6, 6.07) is 6.02. The number of aryl methyl sites for hydroxylation is 2. The van der Waals surface area contributed by atoms with Crippen molar-refractivity contribution in [3.8, 4) is 5.75 Å². The van der Waals surface area contributed by atoms with Crippen LogP contribution in [0, 0.1) is 6.92 Å². The van der Waals surface area contributed by atoms with E-state index >= 15 is 0 Å². The Labute approximate surface area is 115 Å². The lowest BCUT2D eigenvalue weighted by Gasteiger charge is -2.13. The third-order valence-electron chi connectivity index (χ3n) is 2.61. The van der Waals surface area contributed by atoms with Crippen LogP contribution >= 0.6 is 0 Å². The van der Waals surface area contributed by atoms with E-state index in [4.69, 9.17) is 4.43 Å². The van der Waals surface area contributed by atoms with Gasteiger partial charge in [-0.25, -0.2) is 4.98 Å². The summed E-state index contributed by atoms with van der Waals surface area (Å²) in [5, 5.41) is 0. The maximum Gasteiger partial charge on any atom is 0.229 e. The summed E-state index contributed by atoms with van der Waals surface area (Å²) < 4.78 is 7.82. The standard InChI is InChI=1S/C14H19N3OSi/c1-11-6-5-7-13(18-19(3)4)14(11)15-8-12-9-17(2)10-16-12/h5-10,19H,1-4H3. The maximum atomic E-state index is 5.92. The molecule has 5 heteroatoms. The molecule has 0 spiro atoms. The minimum atomic E-state index is -1.13. The minimum Gasteiger partial charge on any atom is -0.546 e. The molecule has 100 valence electrons. The molecule has 19 heavy (non-hydrogen) atoms. The maximum absolute atomic E-state index is 5.92. The highest BCUT2D eigenvalue weighted by molar-refractivity contribution is 6.49. The van der Waals surface area contributed by atoms with Gasteiger partial charge in [0, 0.05) is 13.2 Å². The van der Waals surface area contributed by atoms with Crippen LogP contribution in [0.2, 0.25) is 13.1 Å². The molecule has 0 radical (unpaired) electrons. The number of imidazole rings is 1. The van der Waals surface area contributed by atoms with Crippen LogP contribution in [0.4, 0.5) is 5.69 Å². The van der Waals surface area contributed by atoms with E-state index in [1.807, 2.05) is 42.9 Å². The lowest BCUT2D eigenvalue weighted by Crippen LogP contribution is -2.11. The van der Waals surface area contributed by atoms with E-state index in [1.54, 1.807) is 12.5 Å². The number of para-hydroxylation sites is 1. The summed E-state index contributed by atoms with van der Waals surface area (Å²) in [6.45, 7) is 6.34. The lowest BCUT2D eigenvalue weighted by molar-refractivity contribution is 0.581. The van der Waals surface area contributed by atoms with Crippen molar-refractivity contribution in [1.29, 1.82) is 0 Å². The molecule has 2 rings (SSSR count). The first-order valence-corrected chi connectivity index (χ1v) is 9.12. The van der Waals surface area contributed by atoms with Gasteiger partial charge in [-0.15, -0.1) is 0 Å². The van der Waals surface area contributed by atoms with Crippen LogP contribution in [0.5, 0.6) is 5.75 Å². The largest absolute Gasteiger partial charge is 0.546 e. The molecule has 0 N–H and O–H groups in total. The third-order valence-corrected chi connectivity index (χ3v) is 3.34. The Bertz CT molecular complexity index is 590. The predicted octanol–water partition coefficient (Wildman–Crippen LogP) is 2.84. The third kappa shape index (κ3) is 3.54. The first-order valence-electron chi connectivity index (χ1n) is 6.34. The molecule has 1 aromatic heterocycles. The first-order chi connectivity index (χ1) is 9.06. The first kappa shape index (κ1) is 13.5. The minimum absolute atomic E-state index is 0.846. The van der Waals surface area contributed by atoms with Crippen molar-refractivity contribution in [2.45, 2.75) is 20.0 Å². The van der Waals surface area contributed by atoms with Gasteiger partial charge in [0.05, 0.1) is 18.2 Å². The topological polar surface area (TPSA) is 39.4 Å². The molecule has 1 aromatic carbocycles. The van der Waals surface area contributed by atoms with Crippen molar-refractivity contribution in [2.75, 3.05) is 0 Å². The van der Waals surface area contributed by atoms with Crippen LogP contribution in [-0.2, 0) is 7.05 Å².